The fourth-order valence-electron chi connectivity index (χ4n) is 3.03. The number of hydrogen-bond donors (Lipinski definition) is 1. The first-order valence-electron chi connectivity index (χ1n) is 9.92. The summed E-state index contributed by atoms with van der Waals surface area (Å²) in [5.74, 6) is -1.58. The molecule has 184 valence electrons. The van der Waals surface area contributed by atoms with Gasteiger partial charge in [0.1, 0.15) is 11.6 Å². The van der Waals surface area contributed by atoms with Gasteiger partial charge in [-0.1, -0.05) is 41.4 Å². The molecule has 0 aromatic heterocycles. The van der Waals surface area contributed by atoms with Crippen LogP contribution in [0, 0.1) is 28.4 Å². The highest BCUT2D eigenvalue weighted by Crippen LogP contribution is 2.42. The number of nitro groups is 1. The predicted molar refractivity (Wildman–Crippen MR) is 128 cm³/mol. The summed E-state index contributed by atoms with van der Waals surface area (Å²) < 4.78 is 44.6. The Hall–Kier alpha value is -4.07. The van der Waals surface area contributed by atoms with Gasteiger partial charge in [0, 0.05) is 22.3 Å². The van der Waals surface area contributed by atoms with Gasteiger partial charge in [-0.25, -0.2) is 0 Å². The number of nitrogens with zero attached hydrogens (tertiary/aromatic N) is 2. The molecule has 12 heteroatoms. The van der Waals surface area contributed by atoms with Crippen LogP contribution in [0.4, 0.5) is 24.5 Å². The van der Waals surface area contributed by atoms with Crippen molar-refractivity contribution < 1.29 is 27.6 Å². The molecule has 1 amide bonds. The van der Waals surface area contributed by atoms with Crippen molar-refractivity contribution in [3.05, 3.63) is 97.0 Å². The van der Waals surface area contributed by atoms with Crippen molar-refractivity contribution in [3.8, 4) is 17.6 Å². The summed E-state index contributed by atoms with van der Waals surface area (Å²) in [4.78, 5) is 23.1. The number of nitro benzene ring substituents is 1. The molecule has 0 aliphatic carbocycles. The van der Waals surface area contributed by atoms with Gasteiger partial charge in [-0.15, -0.1) is 0 Å². The number of nitrogens with one attached hydrogen (secondary N) is 1. The van der Waals surface area contributed by atoms with E-state index in [0.29, 0.717) is 17.8 Å². The molecule has 0 aliphatic heterocycles. The second kappa shape index (κ2) is 10.7. The fraction of sp³-hybridized carbons (Fsp3) is 0.0833. The summed E-state index contributed by atoms with van der Waals surface area (Å²) in [7, 11) is 0. The highest BCUT2D eigenvalue weighted by atomic mass is 35.5. The van der Waals surface area contributed by atoms with Crippen molar-refractivity contribution in [1.29, 1.82) is 5.26 Å². The van der Waals surface area contributed by atoms with Crippen molar-refractivity contribution in [2.24, 2.45) is 0 Å². The molecular weight excluding hydrogens is 522 g/mol. The lowest BCUT2D eigenvalue weighted by Gasteiger charge is -2.14. The molecule has 0 saturated heterocycles. The third-order valence-electron chi connectivity index (χ3n) is 4.79. The maximum Gasteiger partial charge on any atom is 0.416 e. The van der Waals surface area contributed by atoms with Crippen LogP contribution in [-0.2, 0) is 11.0 Å². The number of alkyl halides is 3. The molecule has 3 aromatic carbocycles. The first-order chi connectivity index (χ1) is 16.9. The molecule has 0 fully saturated rings. The average molecular weight is 536 g/mol. The van der Waals surface area contributed by atoms with E-state index >= 15 is 0 Å². The van der Waals surface area contributed by atoms with Gasteiger partial charge < -0.3 is 10.1 Å². The van der Waals surface area contributed by atoms with Gasteiger partial charge in [-0.3, -0.25) is 14.9 Å². The van der Waals surface area contributed by atoms with E-state index in [1.165, 1.54) is 12.1 Å². The van der Waals surface area contributed by atoms with Gasteiger partial charge in [0.05, 0.1) is 15.5 Å². The maximum atomic E-state index is 13.0. The van der Waals surface area contributed by atoms with Crippen LogP contribution in [0.25, 0.3) is 6.08 Å². The zero-order valence-electron chi connectivity index (χ0n) is 18.2. The van der Waals surface area contributed by atoms with Crippen molar-refractivity contribution in [2.75, 3.05) is 5.32 Å². The number of ether oxygens (including phenoxy) is 1. The summed E-state index contributed by atoms with van der Waals surface area (Å²) in [6, 6.07) is 12.8. The molecule has 3 rings (SSSR count). The van der Waals surface area contributed by atoms with Gasteiger partial charge in [-0.05, 0) is 48.9 Å². The topological polar surface area (TPSA) is 105 Å². The standard InChI is InChI=1S/C24H14Cl2F3N3O4/c1-13-4-2-3-5-19(13)31-23(33)15(12-30)8-14-9-17(25)11-18(26)22(14)36-21-7-6-16(24(27,28)29)10-20(21)32(34)35/h2-11H,1H3,(H,31,33)/b15-8+. The fourth-order valence-corrected chi connectivity index (χ4v) is 3.58. The number of para-hydroxylation sites is 1. The second-order valence-corrected chi connectivity index (χ2v) is 8.13. The van der Waals surface area contributed by atoms with Gasteiger partial charge in [0.2, 0.25) is 5.75 Å². The van der Waals surface area contributed by atoms with Crippen LogP contribution in [0.3, 0.4) is 0 Å². The smallest absolute Gasteiger partial charge is 0.416 e. The molecule has 0 unspecified atom stereocenters. The molecule has 0 bridgehead atoms. The van der Waals surface area contributed by atoms with E-state index in [-0.39, 0.29) is 26.9 Å². The summed E-state index contributed by atoms with van der Waals surface area (Å²) in [6.45, 7) is 1.75. The first kappa shape index (κ1) is 26.5. The van der Waals surface area contributed by atoms with Crippen LogP contribution in [0.1, 0.15) is 16.7 Å². The molecule has 1 N–H and O–H groups in total. The number of carbonyl (C=O) groups excluding carboxylic acids is 1. The molecule has 7 nitrogen and oxygen atoms in total. The van der Waals surface area contributed by atoms with Crippen molar-refractivity contribution in [2.45, 2.75) is 13.1 Å². The molecule has 3 aromatic rings. The lowest BCUT2D eigenvalue weighted by Crippen LogP contribution is -2.14. The van der Waals surface area contributed by atoms with Crippen LogP contribution in [0.5, 0.6) is 11.5 Å². The van der Waals surface area contributed by atoms with Crippen molar-refractivity contribution in [3.63, 3.8) is 0 Å². The van der Waals surface area contributed by atoms with Crippen LogP contribution in [-0.4, -0.2) is 10.8 Å². The van der Waals surface area contributed by atoms with E-state index in [0.717, 1.165) is 17.7 Å². The second-order valence-electron chi connectivity index (χ2n) is 7.28. The minimum absolute atomic E-state index is 0.0156. The Morgan fingerprint density at radius 1 is 1.17 bits per heavy atom. The van der Waals surface area contributed by atoms with E-state index in [1.807, 2.05) is 0 Å². The Bertz CT molecular complexity index is 1430. The average Bonchev–Trinajstić information content (AvgIpc) is 2.80. The van der Waals surface area contributed by atoms with Gasteiger partial charge in [0.25, 0.3) is 5.91 Å². The Balaban J connectivity index is 2.06. The quantitative estimate of drug-likeness (QED) is 0.151. The van der Waals surface area contributed by atoms with Crippen LogP contribution < -0.4 is 10.1 Å². The molecule has 0 saturated carbocycles. The molecule has 0 atom stereocenters. The highest BCUT2D eigenvalue weighted by molar-refractivity contribution is 6.36. The van der Waals surface area contributed by atoms with E-state index in [2.05, 4.69) is 5.32 Å². The number of amides is 1. The number of carbonyl (C=O) groups is 1. The van der Waals surface area contributed by atoms with Gasteiger partial charge in [0.15, 0.2) is 5.75 Å². The number of rotatable bonds is 6. The molecule has 0 spiro atoms. The normalized spacial score (nSPS) is 11.5. The number of benzene rings is 3. The Morgan fingerprint density at radius 3 is 2.47 bits per heavy atom. The summed E-state index contributed by atoms with van der Waals surface area (Å²) in [6.07, 6.45) is -3.72. The van der Waals surface area contributed by atoms with Gasteiger partial charge >= 0.3 is 11.9 Å². The summed E-state index contributed by atoms with van der Waals surface area (Å²) in [5, 5.41) is 23.5. The zero-order valence-corrected chi connectivity index (χ0v) is 19.7. The lowest BCUT2D eigenvalue weighted by molar-refractivity contribution is -0.385. The number of hydrogen-bond acceptors (Lipinski definition) is 5. The third kappa shape index (κ3) is 6.13. The largest absolute Gasteiger partial charge is 0.448 e. The highest BCUT2D eigenvalue weighted by Gasteiger charge is 2.33. The van der Waals surface area contributed by atoms with Crippen LogP contribution in [0.15, 0.2) is 60.2 Å². The Kier molecular flexibility index (Phi) is 7.87. The molecule has 0 radical (unpaired) electrons. The predicted octanol–water partition coefficient (Wildman–Crippen LogP) is 7.57. The zero-order chi connectivity index (χ0) is 26.6. The maximum absolute atomic E-state index is 13.0. The number of halogens is 5. The number of nitriles is 1. The van der Waals surface area contributed by atoms with E-state index < -0.39 is 34.0 Å². The monoisotopic (exact) mass is 535 g/mol. The van der Waals surface area contributed by atoms with E-state index in [9.17, 15) is 33.3 Å². The summed E-state index contributed by atoms with van der Waals surface area (Å²) in [5.41, 5.74) is -1.41. The van der Waals surface area contributed by atoms with Crippen LogP contribution in [0.2, 0.25) is 10.0 Å². The minimum Gasteiger partial charge on any atom is -0.448 e. The number of anilines is 1. The molecule has 36 heavy (non-hydrogen) atoms. The lowest BCUT2D eigenvalue weighted by atomic mass is 10.1. The minimum atomic E-state index is -4.82. The van der Waals surface area contributed by atoms with Crippen molar-refractivity contribution in [1.82, 2.24) is 0 Å². The van der Waals surface area contributed by atoms with E-state index in [4.69, 9.17) is 27.9 Å². The van der Waals surface area contributed by atoms with E-state index in [1.54, 1.807) is 37.3 Å². The molecular formula is C24H14Cl2F3N3O4. The third-order valence-corrected chi connectivity index (χ3v) is 5.29. The first-order valence-corrected chi connectivity index (χ1v) is 10.7. The Labute approximate surface area is 212 Å². The van der Waals surface area contributed by atoms with Gasteiger partial charge in [-0.2, -0.15) is 18.4 Å². The Morgan fingerprint density at radius 2 is 1.86 bits per heavy atom. The number of aryl methyl sites for hydroxylation is 1. The molecule has 0 heterocycles. The SMILES string of the molecule is Cc1ccccc1NC(=O)/C(C#N)=C/c1cc(Cl)cc(Cl)c1Oc1ccc(C(F)(F)F)cc1[N+](=O)[O-]. The van der Waals surface area contributed by atoms with Crippen molar-refractivity contribution >= 4 is 46.6 Å². The summed E-state index contributed by atoms with van der Waals surface area (Å²) >= 11 is 12.3. The van der Waals surface area contributed by atoms with Crippen LogP contribution >= 0.6 is 23.2 Å². The molecule has 0 aliphatic rings.